The fraction of sp³-hybridized carbons (Fsp3) is 0.290. The molecule has 0 saturated carbocycles. The van der Waals surface area contributed by atoms with E-state index in [1.165, 1.54) is 6.07 Å². The van der Waals surface area contributed by atoms with E-state index < -0.39 is 35.3 Å². The SMILES string of the molecule is COc1ccc(C(OC[C@H]2O[C@@H](n3c(=O)cc(C)[nH]c3=O)C[C@H]2O)(c2ccccc2)c2ccc(OC)cc2)cc1. The number of ether oxygens (including phenoxy) is 4. The Kier molecular flexibility index (Phi) is 7.88. The Hall–Kier alpha value is -4.18. The number of nitrogens with zero attached hydrogens (tertiary/aromatic N) is 1. The van der Waals surface area contributed by atoms with E-state index in [1.54, 1.807) is 21.1 Å². The number of H-pyrrole nitrogens is 1. The minimum atomic E-state index is -1.10. The van der Waals surface area contributed by atoms with Crippen molar-refractivity contribution in [2.75, 3.05) is 20.8 Å². The monoisotopic (exact) mass is 544 g/mol. The summed E-state index contributed by atoms with van der Waals surface area (Å²) in [6.07, 6.45) is -2.60. The van der Waals surface area contributed by atoms with Crippen LogP contribution in [0.2, 0.25) is 0 Å². The Bertz CT molecular complexity index is 1470. The first-order valence-electron chi connectivity index (χ1n) is 13.0. The van der Waals surface area contributed by atoms with Crippen LogP contribution >= 0.6 is 0 Å². The molecule has 1 fully saturated rings. The maximum Gasteiger partial charge on any atom is 0.330 e. The molecule has 0 radical (unpaired) electrons. The molecule has 9 nitrogen and oxygen atoms in total. The molecule has 0 amide bonds. The standard InChI is InChI=1S/C31H32N2O7/c1-20-17-28(35)33(30(36)32-20)29-18-26(34)27(40-29)19-39-31(21-7-5-4-6-8-21,22-9-13-24(37-2)14-10-22)23-11-15-25(38-3)16-12-23/h4-17,26-27,29,34H,18-19H2,1-3H3,(H,32,36)/t26-,27-,29-/m1/s1. The molecule has 1 saturated heterocycles. The summed E-state index contributed by atoms with van der Waals surface area (Å²) in [7, 11) is 3.22. The lowest BCUT2D eigenvalue weighted by Crippen LogP contribution is -2.39. The summed E-state index contributed by atoms with van der Waals surface area (Å²) in [5.74, 6) is 1.40. The van der Waals surface area contributed by atoms with Crippen molar-refractivity contribution in [1.82, 2.24) is 9.55 Å². The van der Waals surface area contributed by atoms with Gasteiger partial charge in [0, 0.05) is 18.2 Å². The van der Waals surface area contributed by atoms with Gasteiger partial charge in [0.15, 0.2) is 0 Å². The number of hydrogen-bond donors (Lipinski definition) is 2. The van der Waals surface area contributed by atoms with E-state index in [0.717, 1.165) is 21.3 Å². The number of aromatic nitrogens is 2. The molecule has 3 atom stereocenters. The van der Waals surface area contributed by atoms with Crippen LogP contribution in [0, 0.1) is 6.92 Å². The number of aliphatic hydroxyl groups excluding tert-OH is 1. The fourth-order valence-corrected chi connectivity index (χ4v) is 5.20. The number of benzene rings is 3. The van der Waals surface area contributed by atoms with E-state index in [1.807, 2.05) is 78.9 Å². The fourth-order valence-electron chi connectivity index (χ4n) is 5.20. The number of nitrogens with one attached hydrogen (secondary N) is 1. The predicted octanol–water partition coefficient (Wildman–Crippen LogP) is 3.52. The van der Waals surface area contributed by atoms with E-state index in [0.29, 0.717) is 17.2 Å². The first-order chi connectivity index (χ1) is 19.3. The maximum atomic E-state index is 12.6. The molecular weight excluding hydrogens is 512 g/mol. The highest BCUT2D eigenvalue weighted by molar-refractivity contribution is 5.49. The number of rotatable bonds is 9. The Morgan fingerprint density at radius 3 is 1.98 bits per heavy atom. The van der Waals surface area contributed by atoms with Gasteiger partial charge in [-0.2, -0.15) is 0 Å². The van der Waals surface area contributed by atoms with Gasteiger partial charge < -0.3 is 29.0 Å². The lowest BCUT2D eigenvalue weighted by atomic mass is 9.80. The summed E-state index contributed by atoms with van der Waals surface area (Å²) < 4.78 is 24.7. The lowest BCUT2D eigenvalue weighted by Gasteiger charge is -2.37. The molecule has 2 heterocycles. The van der Waals surface area contributed by atoms with Crippen LogP contribution in [-0.2, 0) is 15.1 Å². The van der Waals surface area contributed by atoms with Crippen molar-refractivity contribution in [2.45, 2.75) is 37.4 Å². The number of methoxy groups -OCH3 is 2. The highest BCUT2D eigenvalue weighted by Gasteiger charge is 2.42. The summed E-state index contributed by atoms with van der Waals surface area (Å²) in [5.41, 5.74) is 0.810. The van der Waals surface area contributed by atoms with Crippen LogP contribution in [0.4, 0.5) is 0 Å². The van der Waals surface area contributed by atoms with Gasteiger partial charge in [0.25, 0.3) is 5.56 Å². The van der Waals surface area contributed by atoms with E-state index >= 15 is 0 Å². The van der Waals surface area contributed by atoms with Gasteiger partial charge in [-0.05, 0) is 47.9 Å². The number of aromatic amines is 1. The molecule has 40 heavy (non-hydrogen) atoms. The third-order valence-corrected chi connectivity index (χ3v) is 7.23. The quantitative estimate of drug-likeness (QED) is 0.310. The van der Waals surface area contributed by atoms with Gasteiger partial charge in [-0.25, -0.2) is 9.36 Å². The average molecular weight is 545 g/mol. The van der Waals surface area contributed by atoms with E-state index in [4.69, 9.17) is 18.9 Å². The van der Waals surface area contributed by atoms with E-state index in [2.05, 4.69) is 4.98 Å². The second kappa shape index (κ2) is 11.5. The number of hydrogen-bond acceptors (Lipinski definition) is 7. The van der Waals surface area contributed by atoms with Gasteiger partial charge in [0.2, 0.25) is 0 Å². The molecule has 3 aromatic carbocycles. The summed E-state index contributed by atoms with van der Waals surface area (Å²) in [6, 6.07) is 26.3. The number of aryl methyl sites for hydroxylation is 1. The first kappa shape index (κ1) is 27.4. The Morgan fingerprint density at radius 2 is 1.45 bits per heavy atom. The van der Waals surface area contributed by atoms with Crippen molar-refractivity contribution in [3.63, 3.8) is 0 Å². The molecule has 0 bridgehead atoms. The summed E-state index contributed by atoms with van der Waals surface area (Å²) in [4.78, 5) is 27.7. The lowest BCUT2D eigenvalue weighted by molar-refractivity contribution is -0.0949. The molecule has 208 valence electrons. The maximum absolute atomic E-state index is 12.6. The third-order valence-electron chi connectivity index (χ3n) is 7.23. The predicted molar refractivity (Wildman–Crippen MR) is 149 cm³/mol. The van der Waals surface area contributed by atoms with Crippen molar-refractivity contribution >= 4 is 0 Å². The zero-order valence-electron chi connectivity index (χ0n) is 22.6. The Morgan fingerprint density at radius 1 is 0.900 bits per heavy atom. The van der Waals surface area contributed by atoms with Crippen molar-refractivity contribution in [1.29, 1.82) is 0 Å². The Balaban J connectivity index is 1.54. The van der Waals surface area contributed by atoms with E-state index in [-0.39, 0.29) is 13.0 Å². The normalized spacial score (nSPS) is 18.9. The molecule has 1 aliphatic rings. The van der Waals surface area contributed by atoms with Crippen LogP contribution in [-0.4, -0.2) is 47.7 Å². The molecule has 9 heteroatoms. The Labute approximate surface area is 231 Å². The van der Waals surface area contributed by atoms with Crippen molar-refractivity contribution < 1.29 is 24.1 Å². The van der Waals surface area contributed by atoms with Gasteiger partial charge in [-0.1, -0.05) is 54.6 Å². The molecule has 0 unspecified atom stereocenters. The second-order valence-corrected chi connectivity index (χ2v) is 9.71. The van der Waals surface area contributed by atoms with Crippen LogP contribution in [0.15, 0.2) is 94.5 Å². The average Bonchev–Trinajstić information content (AvgIpc) is 3.33. The second-order valence-electron chi connectivity index (χ2n) is 9.71. The first-order valence-corrected chi connectivity index (χ1v) is 13.0. The minimum Gasteiger partial charge on any atom is -0.497 e. The van der Waals surface area contributed by atoms with Crippen LogP contribution in [0.5, 0.6) is 11.5 Å². The molecule has 1 aromatic heterocycles. The van der Waals surface area contributed by atoms with Gasteiger partial charge >= 0.3 is 5.69 Å². The van der Waals surface area contributed by atoms with Crippen molar-refractivity contribution in [3.8, 4) is 11.5 Å². The molecule has 0 aliphatic carbocycles. The van der Waals surface area contributed by atoms with Gasteiger partial charge in [-0.15, -0.1) is 0 Å². The smallest absolute Gasteiger partial charge is 0.330 e. The molecular formula is C31H32N2O7. The van der Waals surface area contributed by atoms with Crippen LogP contribution in [0.25, 0.3) is 0 Å². The highest BCUT2D eigenvalue weighted by Crippen LogP contribution is 2.42. The van der Waals surface area contributed by atoms with Crippen LogP contribution < -0.4 is 20.7 Å². The van der Waals surface area contributed by atoms with Gasteiger partial charge in [-0.3, -0.25) is 4.79 Å². The topological polar surface area (TPSA) is 112 Å². The third kappa shape index (κ3) is 5.19. The highest BCUT2D eigenvalue weighted by atomic mass is 16.6. The summed E-state index contributed by atoms with van der Waals surface area (Å²) >= 11 is 0. The zero-order chi connectivity index (χ0) is 28.3. The number of aliphatic hydroxyl groups is 1. The summed E-state index contributed by atoms with van der Waals surface area (Å²) in [6.45, 7) is 1.61. The summed E-state index contributed by atoms with van der Waals surface area (Å²) in [5, 5.41) is 10.9. The van der Waals surface area contributed by atoms with Crippen LogP contribution in [0.1, 0.15) is 35.0 Å². The molecule has 5 rings (SSSR count). The van der Waals surface area contributed by atoms with Gasteiger partial charge in [0.05, 0.1) is 26.9 Å². The van der Waals surface area contributed by atoms with Gasteiger partial charge in [0.1, 0.15) is 29.4 Å². The molecule has 2 N–H and O–H groups in total. The van der Waals surface area contributed by atoms with Crippen molar-refractivity contribution in [2.24, 2.45) is 0 Å². The van der Waals surface area contributed by atoms with Crippen molar-refractivity contribution in [3.05, 3.63) is 128 Å². The van der Waals surface area contributed by atoms with E-state index in [9.17, 15) is 14.7 Å². The largest absolute Gasteiger partial charge is 0.497 e. The zero-order valence-corrected chi connectivity index (χ0v) is 22.6. The minimum absolute atomic E-state index is 0.0247. The molecule has 1 aliphatic heterocycles. The van der Waals surface area contributed by atoms with Crippen LogP contribution in [0.3, 0.4) is 0 Å². The molecule has 4 aromatic rings. The molecule has 0 spiro atoms.